The van der Waals surface area contributed by atoms with Crippen LogP contribution in [0.3, 0.4) is 0 Å². The number of azo groups is 2. The molecule has 0 saturated carbocycles. The molecular weight excluding hydrogens is 613 g/mol. The van der Waals surface area contributed by atoms with Crippen molar-refractivity contribution in [3.05, 3.63) is 79.9 Å². The largest absolute Gasteiger partial charge is 0.494 e. The molecule has 45 heavy (non-hydrogen) atoms. The minimum atomic E-state index is -0.897. The number of fused-ring (bicyclic) bond motifs is 1. The lowest BCUT2D eigenvalue weighted by atomic mass is 10.2. The average Bonchev–Trinajstić information content (AvgIpc) is 3.63. The fourth-order valence-electron chi connectivity index (χ4n) is 3.98. The lowest BCUT2D eigenvalue weighted by molar-refractivity contribution is -0.137. The van der Waals surface area contributed by atoms with Crippen molar-refractivity contribution in [1.82, 2.24) is 4.98 Å². The summed E-state index contributed by atoms with van der Waals surface area (Å²) in [4.78, 5) is 18.8. The number of aromatic nitrogens is 1. The summed E-state index contributed by atoms with van der Waals surface area (Å²) in [7, 11) is 0. The zero-order chi connectivity index (χ0) is 31.9. The van der Waals surface area contributed by atoms with Gasteiger partial charge in [0.05, 0.1) is 35.8 Å². The molecule has 13 heteroatoms. The van der Waals surface area contributed by atoms with Crippen LogP contribution >= 0.6 is 22.7 Å². The number of thiazole rings is 1. The van der Waals surface area contributed by atoms with Gasteiger partial charge in [-0.25, -0.2) is 9.78 Å². The quantitative estimate of drug-likeness (QED) is 0.0268. The van der Waals surface area contributed by atoms with Crippen molar-refractivity contribution in [2.45, 2.75) is 32.5 Å². The zero-order valence-corrected chi connectivity index (χ0v) is 26.7. The summed E-state index contributed by atoms with van der Waals surface area (Å²) in [5.74, 6) is 0.351. The molecule has 2 heterocycles. The Morgan fingerprint density at radius 3 is 2.36 bits per heavy atom. The van der Waals surface area contributed by atoms with E-state index in [1.165, 1.54) is 28.7 Å². The van der Waals surface area contributed by atoms with Gasteiger partial charge in [0.25, 0.3) is 0 Å². The van der Waals surface area contributed by atoms with E-state index in [4.69, 9.17) is 14.2 Å². The Bertz CT molecular complexity index is 1550. The maximum absolute atomic E-state index is 11.3. The molecule has 4 rings (SSSR count). The van der Waals surface area contributed by atoms with E-state index in [-0.39, 0.29) is 6.61 Å². The minimum Gasteiger partial charge on any atom is -0.494 e. The van der Waals surface area contributed by atoms with Gasteiger partial charge in [-0.15, -0.1) is 20.5 Å². The van der Waals surface area contributed by atoms with Crippen LogP contribution in [0.2, 0.25) is 0 Å². The Morgan fingerprint density at radius 2 is 1.67 bits per heavy atom. The predicted molar refractivity (Wildman–Crippen MR) is 179 cm³/mol. The third kappa shape index (κ3) is 11.0. The second-order valence-electron chi connectivity index (χ2n) is 9.52. The summed E-state index contributed by atoms with van der Waals surface area (Å²) in [6.45, 7) is 11.7. The summed E-state index contributed by atoms with van der Waals surface area (Å²) in [6, 6.07) is 17.1. The molecule has 0 amide bonds. The molecule has 11 nitrogen and oxygen atoms in total. The van der Waals surface area contributed by atoms with Crippen molar-refractivity contribution in [2.75, 3.05) is 37.8 Å². The first kappa shape index (κ1) is 33.6. The number of anilines is 1. The standard InChI is InChI=1S/C32H36N6O5S2/c1-4-29(39)42-20-9-7-8-19-41-26-16-12-24(13-17-26)34-36-28-22-27-31(45-28)33-32(44-27)37-35-23-10-14-25(15-11-23)38(6-3)18-21-43-30(40)5-2/h4-5,10-17,22,29,39H,1-2,6-9,18-21H2,3H3/b36-34+,37-35+/t29-/m0/s1. The van der Waals surface area contributed by atoms with E-state index < -0.39 is 12.3 Å². The number of carbonyl (C=O) groups excluding carboxylic acids is 1. The van der Waals surface area contributed by atoms with Crippen LogP contribution in [-0.2, 0) is 14.3 Å². The molecule has 2 aromatic heterocycles. The van der Waals surface area contributed by atoms with Crippen molar-refractivity contribution >= 4 is 65.4 Å². The van der Waals surface area contributed by atoms with Gasteiger partial charge in [-0.1, -0.05) is 35.8 Å². The summed E-state index contributed by atoms with van der Waals surface area (Å²) < 4.78 is 17.0. The van der Waals surface area contributed by atoms with Crippen LogP contribution in [0.15, 0.2) is 100 Å². The molecule has 1 N–H and O–H groups in total. The molecule has 4 aromatic rings. The first-order valence-electron chi connectivity index (χ1n) is 14.5. The number of carbonyl (C=O) groups is 1. The molecule has 0 spiro atoms. The lowest BCUT2D eigenvalue weighted by Crippen LogP contribution is -2.27. The number of rotatable bonds is 19. The van der Waals surface area contributed by atoms with E-state index >= 15 is 0 Å². The smallest absolute Gasteiger partial charge is 0.330 e. The number of esters is 1. The molecule has 0 aliphatic heterocycles. The molecule has 1 atom stereocenters. The number of ether oxygens (including phenoxy) is 3. The average molecular weight is 649 g/mol. The van der Waals surface area contributed by atoms with Gasteiger partial charge in [0.2, 0.25) is 5.13 Å². The second-order valence-corrected chi connectivity index (χ2v) is 11.5. The number of unbranched alkanes of at least 4 members (excludes halogenated alkanes) is 2. The summed E-state index contributed by atoms with van der Waals surface area (Å²) in [5, 5.41) is 28.0. The molecule has 0 fully saturated rings. The number of benzene rings is 2. The minimum absolute atomic E-state index is 0.288. The molecule has 0 aliphatic carbocycles. The fraction of sp³-hybridized carbons (Fsp3) is 0.312. The van der Waals surface area contributed by atoms with Crippen LogP contribution in [0.1, 0.15) is 26.2 Å². The molecular formula is C32H36N6O5S2. The number of hydrogen-bond acceptors (Lipinski definition) is 13. The highest BCUT2D eigenvalue weighted by Gasteiger charge is 2.09. The number of aliphatic hydroxyl groups excluding tert-OH is 1. The Hall–Kier alpha value is -4.30. The van der Waals surface area contributed by atoms with E-state index in [1.807, 2.05) is 61.5 Å². The van der Waals surface area contributed by atoms with Crippen molar-refractivity contribution in [1.29, 1.82) is 0 Å². The number of thiophene rings is 1. The molecule has 0 bridgehead atoms. The van der Waals surface area contributed by atoms with E-state index in [0.29, 0.717) is 30.6 Å². The predicted octanol–water partition coefficient (Wildman–Crippen LogP) is 8.81. The first-order valence-corrected chi connectivity index (χ1v) is 16.1. The summed E-state index contributed by atoms with van der Waals surface area (Å²) >= 11 is 2.89. The van der Waals surface area contributed by atoms with Crippen LogP contribution in [0.5, 0.6) is 5.75 Å². The SMILES string of the molecule is C=CC(=O)OCCN(CC)c1ccc(/N=N/c2nc3sc(/N=N/c4ccc(OCCCCCO[C@H](O)C=C)cc4)cc3s2)cc1. The van der Waals surface area contributed by atoms with Gasteiger partial charge in [-0.05, 0) is 86.9 Å². The van der Waals surface area contributed by atoms with Gasteiger partial charge in [-0.3, -0.25) is 0 Å². The van der Waals surface area contributed by atoms with E-state index in [9.17, 15) is 9.90 Å². The highest BCUT2D eigenvalue weighted by Crippen LogP contribution is 2.39. The Kier molecular flexibility index (Phi) is 13.3. The lowest BCUT2D eigenvalue weighted by Gasteiger charge is -2.22. The molecule has 0 unspecified atom stereocenters. The van der Waals surface area contributed by atoms with Crippen LogP contribution in [0, 0.1) is 0 Å². The fourth-order valence-corrected chi connectivity index (χ4v) is 5.83. The highest BCUT2D eigenvalue weighted by molar-refractivity contribution is 7.30. The molecule has 2 aromatic carbocycles. The van der Waals surface area contributed by atoms with Gasteiger partial charge in [0, 0.05) is 18.3 Å². The Balaban J connectivity index is 1.22. The summed E-state index contributed by atoms with van der Waals surface area (Å²) in [6.07, 6.45) is 4.31. The molecule has 236 valence electrons. The Labute approximate surface area is 270 Å². The highest BCUT2D eigenvalue weighted by atomic mass is 32.1. The summed E-state index contributed by atoms with van der Waals surface area (Å²) in [5.41, 5.74) is 2.44. The third-order valence-electron chi connectivity index (χ3n) is 6.33. The zero-order valence-electron chi connectivity index (χ0n) is 25.1. The topological polar surface area (TPSA) is 131 Å². The van der Waals surface area contributed by atoms with Crippen LogP contribution in [0.4, 0.5) is 27.2 Å². The number of hydrogen-bond donors (Lipinski definition) is 1. The molecule has 0 saturated heterocycles. The Morgan fingerprint density at radius 1 is 0.956 bits per heavy atom. The number of nitrogens with zero attached hydrogens (tertiary/aromatic N) is 6. The first-order chi connectivity index (χ1) is 22.0. The van der Waals surface area contributed by atoms with Crippen LogP contribution in [0.25, 0.3) is 9.53 Å². The van der Waals surface area contributed by atoms with Gasteiger partial charge < -0.3 is 24.2 Å². The van der Waals surface area contributed by atoms with Crippen molar-refractivity contribution in [3.63, 3.8) is 0 Å². The molecule has 0 aliphatic rings. The van der Waals surface area contributed by atoms with Crippen molar-refractivity contribution in [3.8, 4) is 5.75 Å². The van der Waals surface area contributed by atoms with E-state index in [1.54, 1.807) is 0 Å². The van der Waals surface area contributed by atoms with Gasteiger partial charge in [-0.2, -0.15) is 0 Å². The maximum atomic E-state index is 11.3. The second kappa shape index (κ2) is 17.9. The van der Waals surface area contributed by atoms with Crippen molar-refractivity contribution < 1.29 is 24.1 Å². The number of aliphatic hydroxyl groups is 1. The monoisotopic (exact) mass is 648 g/mol. The van der Waals surface area contributed by atoms with Crippen LogP contribution < -0.4 is 9.64 Å². The van der Waals surface area contributed by atoms with Gasteiger partial charge in [0.1, 0.15) is 22.2 Å². The maximum Gasteiger partial charge on any atom is 0.330 e. The van der Waals surface area contributed by atoms with Crippen LogP contribution in [-0.4, -0.2) is 55.3 Å². The number of likely N-dealkylation sites (N-methyl/N-ethyl adjacent to an activating group) is 1. The normalized spacial score (nSPS) is 12.1. The third-order valence-corrected chi connectivity index (χ3v) is 8.26. The van der Waals surface area contributed by atoms with Gasteiger partial charge >= 0.3 is 5.97 Å². The van der Waals surface area contributed by atoms with E-state index in [2.05, 4.69) is 43.5 Å². The van der Waals surface area contributed by atoms with Gasteiger partial charge in [0.15, 0.2) is 6.29 Å². The van der Waals surface area contributed by atoms with E-state index in [0.717, 1.165) is 63.5 Å². The van der Waals surface area contributed by atoms with Crippen molar-refractivity contribution in [2.24, 2.45) is 20.5 Å². The molecule has 0 radical (unpaired) electrons.